The van der Waals surface area contributed by atoms with E-state index in [1.165, 1.54) is 0 Å². The number of hydrogen-bond donors (Lipinski definition) is 1. The predicted molar refractivity (Wildman–Crippen MR) is 57.5 cm³/mol. The molecule has 2 aliphatic heterocycles. The van der Waals surface area contributed by atoms with Crippen LogP contribution in [0.5, 0.6) is 0 Å². The molecule has 1 N–H and O–H groups in total. The summed E-state index contributed by atoms with van der Waals surface area (Å²) in [6.07, 6.45) is 0.823. The molecule has 0 saturated carbocycles. The third-order valence-corrected chi connectivity index (χ3v) is 5.16. The van der Waals surface area contributed by atoms with Crippen LogP contribution >= 0.6 is 0 Å². The van der Waals surface area contributed by atoms with Crippen molar-refractivity contribution in [1.82, 2.24) is 9.62 Å². The zero-order chi connectivity index (χ0) is 12.5. The lowest BCUT2D eigenvalue weighted by atomic mass is 10.2. The van der Waals surface area contributed by atoms with Gasteiger partial charge in [-0.25, -0.2) is 8.42 Å². The van der Waals surface area contributed by atoms with E-state index in [9.17, 15) is 18.0 Å². The summed E-state index contributed by atoms with van der Waals surface area (Å²) in [6, 6.07) is 0. The van der Waals surface area contributed by atoms with E-state index < -0.39 is 27.1 Å². The first kappa shape index (κ1) is 12.5. The van der Waals surface area contributed by atoms with Crippen LogP contribution in [0.15, 0.2) is 0 Å². The topological polar surface area (TPSA) is 92.8 Å². The first-order chi connectivity index (χ1) is 8.00. The number of ether oxygens (including phenoxy) is 1. The molecule has 0 radical (unpaired) electrons. The highest BCUT2D eigenvalue weighted by Gasteiger charge is 2.37. The van der Waals surface area contributed by atoms with Crippen molar-refractivity contribution < 1.29 is 22.7 Å². The lowest BCUT2D eigenvalue weighted by Gasteiger charge is -2.30. The van der Waals surface area contributed by atoms with Crippen LogP contribution in [0.4, 0.5) is 0 Å². The molecule has 96 valence electrons. The molecular weight excluding hydrogens is 248 g/mol. The number of rotatable bonds is 2. The molecule has 0 bridgehead atoms. The molecule has 2 aliphatic rings. The Morgan fingerprint density at radius 1 is 1.12 bits per heavy atom. The van der Waals surface area contributed by atoms with Crippen molar-refractivity contribution in [2.45, 2.75) is 18.1 Å². The maximum atomic E-state index is 12.2. The molecule has 2 heterocycles. The minimum absolute atomic E-state index is 0.272. The lowest BCUT2D eigenvalue weighted by Crippen LogP contribution is -2.55. The second kappa shape index (κ2) is 4.71. The molecule has 0 atom stereocenters. The third-order valence-electron chi connectivity index (χ3n) is 2.87. The Balaban J connectivity index is 2.13. The van der Waals surface area contributed by atoms with E-state index in [4.69, 9.17) is 4.74 Å². The second-order valence-corrected chi connectivity index (χ2v) is 6.31. The number of imide groups is 1. The highest BCUT2D eigenvalue weighted by Crippen LogP contribution is 2.20. The van der Waals surface area contributed by atoms with E-state index in [0.29, 0.717) is 26.1 Å². The average Bonchev–Trinajstić information content (AvgIpc) is 2.29. The molecule has 17 heavy (non-hydrogen) atoms. The van der Waals surface area contributed by atoms with Crippen LogP contribution in [-0.4, -0.2) is 56.1 Å². The van der Waals surface area contributed by atoms with Gasteiger partial charge in [-0.15, -0.1) is 0 Å². The van der Waals surface area contributed by atoms with Crippen molar-refractivity contribution in [2.24, 2.45) is 0 Å². The van der Waals surface area contributed by atoms with Crippen LogP contribution in [0.25, 0.3) is 0 Å². The minimum Gasteiger partial charge on any atom is -0.381 e. The van der Waals surface area contributed by atoms with Gasteiger partial charge in [-0.3, -0.25) is 14.9 Å². The Kier molecular flexibility index (Phi) is 3.45. The molecule has 0 aromatic heterocycles. The van der Waals surface area contributed by atoms with Crippen LogP contribution in [0, 0.1) is 0 Å². The van der Waals surface area contributed by atoms with Gasteiger partial charge in [0.1, 0.15) is 0 Å². The van der Waals surface area contributed by atoms with Crippen molar-refractivity contribution in [1.29, 1.82) is 0 Å². The summed E-state index contributed by atoms with van der Waals surface area (Å²) in [4.78, 5) is 22.3. The largest absolute Gasteiger partial charge is 0.381 e. The normalized spacial score (nSPS) is 24.7. The van der Waals surface area contributed by atoms with Gasteiger partial charge in [0.25, 0.3) is 0 Å². The van der Waals surface area contributed by atoms with Crippen molar-refractivity contribution >= 4 is 21.8 Å². The summed E-state index contributed by atoms with van der Waals surface area (Å²) in [6.45, 7) is 0.257. The number of carbonyl (C=O) groups excluding carboxylic acids is 2. The molecule has 0 spiro atoms. The Bertz CT molecular complexity index is 411. The summed E-state index contributed by atoms with van der Waals surface area (Å²) >= 11 is 0. The summed E-state index contributed by atoms with van der Waals surface area (Å²) in [7, 11) is -3.58. The standard InChI is InChI=1S/C9H14N2O5S/c12-8-5-11(6-9(13)10-8)17(14,15)7-1-3-16-4-2-7/h7H,1-6H2,(H,10,12,13). The number of piperazine rings is 1. The quantitative estimate of drug-likeness (QED) is 0.608. The fourth-order valence-electron chi connectivity index (χ4n) is 1.98. The number of nitrogens with zero attached hydrogens (tertiary/aromatic N) is 1. The van der Waals surface area contributed by atoms with E-state index in [0.717, 1.165) is 4.31 Å². The molecule has 7 nitrogen and oxygen atoms in total. The van der Waals surface area contributed by atoms with Gasteiger partial charge in [-0.1, -0.05) is 0 Å². The number of hydrogen-bond acceptors (Lipinski definition) is 5. The third kappa shape index (κ3) is 2.64. The van der Waals surface area contributed by atoms with Crippen molar-refractivity contribution in [2.75, 3.05) is 26.3 Å². The van der Waals surface area contributed by atoms with E-state index >= 15 is 0 Å². The summed E-state index contributed by atoms with van der Waals surface area (Å²) in [5.41, 5.74) is 0. The molecular formula is C9H14N2O5S. The van der Waals surface area contributed by atoms with Gasteiger partial charge >= 0.3 is 0 Å². The molecule has 2 saturated heterocycles. The summed E-state index contributed by atoms with van der Waals surface area (Å²) < 4.78 is 30.4. The summed E-state index contributed by atoms with van der Waals surface area (Å²) in [5, 5.41) is 1.53. The lowest BCUT2D eigenvalue weighted by molar-refractivity contribution is -0.134. The number of amides is 2. The van der Waals surface area contributed by atoms with Gasteiger partial charge in [0.15, 0.2) is 0 Å². The van der Waals surface area contributed by atoms with Crippen LogP contribution in [0.1, 0.15) is 12.8 Å². The fraction of sp³-hybridized carbons (Fsp3) is 0.778. The van der Waals surface area contributed by atoms with Crippen LogP contribution in [-0.2, 0) is 24.3 Å². The maximum Gasteiger partial charge on any atom is 0.241 e. The molecule has 2 fully saturated rings. The highest BCUT2D eigenvalue weighted by molar-refractivity contribution is 7.89. The van der Waals surface area contributed by atoms with Crippen LogP contribution < -0.4 is 5.32 Å². The zero-order valence-corrected chi connectivity index (χ0v) is 10.0. The Labute approximate surface area is 99.2 Å². The highest BCUT2D eigenvalue weighted by atomic mass is 32.2. The smallest absolute Gasteiger partial charge is 0.241 e. The molecule has 2 rings (SSSR count). The minimum atomic E-state index is -3.58. The van der Waals surface area contributed by atoms with Gasteiger partial charge in [0.2, 0.25) is 21.8 Å². The van der Waals surface area contributed by atoms with Gasteiger partial charge in [-0.05, 0) is 12.8 Å². The second-order valence-electron chi connectivity index (χ2n) is 4.10. The van der Waals surface area contributed by atoms with Gasteiger partial charge in [0.05, 0.1) is 18.3 Å². The van der Waals surface area contributed by atoms with Crippen LogP contribution in [0.3, 0.4) is 0 Å². The fourth-order valence-corrected chi connectivity index (χ4v) is 3.78. The molecule has 8 heteroatoms. The Morgan fingerprint density at radius 2 is 1.65 bits per heavy atom. The van der Waals surface area contributed by atoms with E-state index in [2.05, 4.69) is 5.32 Å². The van der Waals surface area contributed by atoms with Crippen LogP contribution in [0.2, 0.25) is 0 Å². The van der Waals surface area contributed by atoms with E-state index in [-0.39, 0.29) is 13.1 Å². The maximum absolute atomic E-state index is 12.2. The molecule has 0 aromatic rings. The zero-order valence-electron chi connectivity index (χ0n) is 9.22. The van der Waals surface area contributed by atoms with E-state index in [1.807, 2.05) is 0 Å². The van der Waals surface area contributed by atoms with Crippen molar-refractivity contribution in [3.63, 3.8) is 0 Å². The Hall–Kier alpha value is -0.990. The van der Waals surface area contributed by atoms with Gasteiger partial charge in [0, 0.05) is 13.2 Å². The first-order valence-corrected chi connectivity index (χ1v) is 6.90. The SMILES string of the molecule is O=C1CN(S(=O)(=O)C2CCOCC2)CC(=O)N1. The average molecular weight is 262 g/mol. The molecule has 0 unspecified atom stereocenters. The Morgan fingerprint density at radius 3 is 2.18 bits per heavy atom. The van der Waals surface area contributed by atoms with E-state index in [1.54, 1.807) is 0 Å². The number of sulfonamides is 1. The molecule has 0 aliphatic carbocycles. The van der Waals surface area contributed by atoms with Gasteiger partial charge in [-0.2, -0.15) is 4.31 Å². The predicted octanol–water partition coefficient (Wildman–Crippen LogP) is -1.55. The first-order valence-electron chi connectivity index (χ1n) is 5.39. The van der Waals surface area contributed by atoms with Crippen molar-refractivity contribution in [3.05, 3.63) is 0 Å². The van der Waals surface area contributed by atoms with Crippen molar-refractivity contribution in [3.8, 4) is 0 Å². The molecule has 2 amide bonds. The number of nitrogens with one attached hydrogen (secondary N) is 1. The monoisotopic (exact) mass is 262 g/mol. The molecule has 0 aromatic carbocycles. The van der Waals surface area contributed by atoms with Gasteiger partial charge < -0.3 is 4.74 Å². The number of carbonyl (C=O) groups is 2. The summed E-state index contributed by atoms with van der Waals surface area (Å²) in [5.74, 6) is -1.14.